The van der Waals surface area contributed by atoms with Crippen LogP contribution in [0.1, 0.15) is 35.6 Å². The molecule has 1 aromatic carbocycles. The maximum absolute atomic E-state index is 12.4. The molecule has 0 aliphatic rings. The van der Waals surface area contributed by atoms with Crippen LogP contribution in [0, 0.1) is 0 Å². The van der Waals surface area contributed by atoms with Gasteiger partial charge in [0.25, 0.3) is 5.91 Å². The fourth-order valence-corrected chi connectivity index (χ4v) is 2.03. The third-order valence-electron chi connectivity index (χ3n) is 3.06. The lowest BCUT2D eigenvalue weighted by atomic mass is 10.1. The number of nitrogens with two attached hydrogens (primary N) is 1. The Balaban J connectivity index is 2.22. The molecule has 1 heterocycles. The van der Waals surface area contributed by atoms with Gasteiger partial charge in [0, 0.05) is 12.4 Å². The number of methoxy groups -OCH3 is 1. The van der Waals surface area contributed by atoms with E-state index in [1.807, 2.05) is 6.92 Å². The minimum atomic E-state index is -0.239. The Hall–Kier alpha value is -2.50. The molecule has 20 heavy (non-hydrogen) atoms. The number of nitrogens with one attached hydrogen (secondary N) is 2. The number of H-pyrrole nitrogens is 1. The monoisotopic (exact) mass is 274 g/mol. The standard InChI is InChI=1S/C14H18N4O2/c1-3-11(13-16-7-8-17-13)18-14(19)9-5-4-6-10(15)12(9)20-2/h4-8,11H,3,15H2,1-2H3,(H,16,17)(H,18,19). The van der Waals surface area contributed by atoms with Crippen molar-refractivity contribution in [1.82, 2.24) is 15.3 Å². The van der Waals surface area contributed by atoms with Gasteiger partial charge >= 0.3 is 0 Å². The van der Waals surface area contributed by atoms with E-state index in [0.717, 1.165) is 12.2 Å². The second-order valence-corrected chi connectivity index (χ2v) is 4.34. The SMILES string of the molecule is CCC(NC(=O)c1cccc(N)c1OC)c1ncc[nH]1. The average Bonchev–Trinajstić information content (AvgIpc) is 2.98. The number of carbonyl (C=O) groups is 1. The molecule has 1 amide bonds. The number of anilines is 1. The minimum absolute atomic E-state index is 0.177. The molecule has 0 spiro atoms. The minimum Gasteiger partial charge on any atom is -0.494 e. The molecule has 6 heteroatoms. The van der Waals surface area contributed by atoms with Crippen molar-refractivity contribution < 1.29 is 9.53 Å². The first-order chi connectivity index (χ1) is 9.67. The Kier molecular flexibility index (Phi) is 4.24. The molecular weight excluding hydrogens is 256 g/mol. The Morgan fingerprint density at radius 3 is 2.95 bits per heavy atom. The van der Waals surface area contributed by atoms with Crippen molar-refractivity contribution in [2.75, 3.05) is 12.8 Å². The molecule has 0 aliphatic carbocycles. The summed E-state index contributed by atoms with van der Waals surface area (Å²) in [4.78, 5) is 19.5. The van der Waals surface area contributed by atoms with Crippen molar-refractivity contribution in [1.29, 1.82) is 0 Å². The molecule has 0 aliphatic heterocycles. The molecule has 6 nitrogen and oxygen atoms in total. The Morgan fingerprint density at radius 1 is 1.55 bits per heavy atom. The number of para-hydroxylation sites is 1. The van der Waals surface area contributed by atoms with Gasteiger partial charge in [0.05, 0.1) is 24.4 Å². The highest BCUT2D eigenvalue weighted by Gasteiger charge is 2.19. The number of nitrogens with zero attached hydrogens (tertiary/aromatic N) is 1. The summed E-state index contributed by atoms with van der Waals surface area (Å²) >= 11 is 0. The molecule has 0 fully saturated rings. The molecule has 0 radical (unpaired) electrons. The smallest absolute Gasteiger partial charge is 0.255 e. The number of aromatic nitrogens is 2. The molecule has 0 saturated carbocycles. The number of carbonyl (C=O) groups excluding carboxylic acids is 1. The third kappa shape index (κ3) is 2.74. The van der Waals surface area contributed by atoms with E-state index in [2.05, 4.69) is 15.3 Å². The highest BCUT2D eigenvalue weighted by molar-refractivity contribution is 5.98. The van der Waals surface area contributed by atoms with Gasteiger partial charge in [-0.05, 0) is 18.6 Å². The van der Waals surface area contributed by atoms with Gasteiger partial charge in [-0.25, -0.2) is 4.98 Å². The Morgan fingerprint density at radius 2 is 2.35 bits per heavy atom. The molecule has 106 valence electrons. The number of aromatic amines is 1. The lowest BCUT2D eigenvalue weighted by molar-refractivity contribution is 0.0931. The van der Waals surface area contributed by atoms with Gasteiger partial charge in [-0.1, -0.05) is 13.0 Å². The van der Waals surface area contributed by atoms with E-state index in [0.29, 0.717) is 17.0 Å². The van der Waals surface area contributed by atoms with Gasteiger partial charge < -0.3 is 20.8 Å². The van der Waals surface area contributed by atoms with Gasteiger partial charge in [-0.15, -0.1) is 0 Å². The van der Waals surface area contributed by atoms with E-state index in [9.17, 15) is 4.79 Å². The number of rotatable bonds is 5. The highest BCUT2D eigenvalue weighted by atomic mass is 16.5. The summed E-state index contributed by atoms with van der Waals surface area (Å²) < 4.78 is 5.19. The summed E-state index contributed by atoms with van der Waals surface area (Å²) in [7, 11) is 1.49. The van der Waals surface area contributed by atoms with Crippen molar-refractivity contribution in [2.24, 2.45) is 0 Å². The number of nitrogen functional groups attached to an aromatic ring is 1. The van der Waals surface area contributed by atoms with Crippen LogP contribution < -0.4 is 15.8 Å². The lowest BCUT2D eigenvalue weighted by Gasteiger charge is -2.16. The van der Waals surface area contributed by atoms with Crippen LogP contribution >= 0.6 is 0 Å². The molecular formula is C14H18N4O2. The summed E-state index contributed by atoms with van der Waals surface area (Å²) in [6.07, 6.45) is 4.11. The number of benzene rings is 1. The molecule has 0 bridgehead atoms. The molecule has 2 rings (SSSR count). The summed E-state index contributed by atoms with van der Waals surface area (Å²) in [5, 5.41) is 2.92. The second kappa shape index (κ2) is 6.10. The quantitative estimate of drug-likeness (QED) is 0.726. The zero-order valence-corrected chi connectivity index (χ0v) is 11.5. The van der Waals surface area contributed by atoms with Crippen LogP contribution in [0.5, 0.6) is 5.75 Å². The molecule has 2 aromatic rings. The van der Waals surface area contributed by atoms with Crippen LogP contribution in [0.15, 0.2) is 30.6 Å². The summed E-state index contributed by atoms with van der Waals surface area (Å²) in [6, 6.07) is 4.92. The van der Waals surface area contributed by atoms with E-state index >= 15 is 0 Å². The zero-order valence-electron chi connectivity index (χ0n) is 11.5. The first kappa shape index (κ1) is 13.9. The van der Waals surface area contributed by atoms with Crippen molar-refractivity contribution in [3.05, 3.63) is 42.0 Å². The van der Waals surface area contributed by atoms with Crippen molar-refractivity contribution in [2.45, 2.75) is 19.4 Å². The predicted molar refractivity (Wildman–Crippen MR) is 76.5 cm³/mol. The normalized spacial score (nSPS) is 11.9. The van der Waals surface area contributed by atoms with Crippen LogP contribution in [-0.4, -0.2) is 23.0 Å². The molecule has 1 aromatic heterocycles. The van der Waals surface area contributed by atoms with E-state index in [1.165, 1.54) is 7.11 Å². The fourth-order valence-electron chi connectivity index (χ4n) is 2.03. The average molecular weight is 274 g/mol. The number of hydrogen-bond donors (Lipinski definition) is 3. The van der Waals surface area contributed by atoms with E-state index < -0.39 is 0 Å². The largest absolute Gasteiger partial charge is 0.494 e. The number of imidazole rings is 1. The fraction of sp³-hybridized carbons (Fsp3) is 0.286. The van der Waals surface area contributed by atoms with Gasteiger partial charge in [-0.3, -0.25) is 4.79 Å². The predicted octanol–water partition coefficient (Wildman–Crippen LogP) is 1.88. The van der Waals surface area contributed by atoms with E-state index in [1.54, 1.807) is 30.6 Å². The molecule has 1 unspecified atom stereocenters. The Labute approximate surface area is 117 Å². The second-order valence-electron chi connectivity index (χ2n) is 4.34. The first-order valence-electron chi connectivity index (χ1n) is 6.40. The number of hydrogen-bond acceptors (Lipinski definition) is 4. The first-order valence-corrected chi connectivity index (χ1v) is 6.40. The van der Waals surface area contributed by atoms with Crippen molar-refractivity contribution in [3.8, 4) is 5.75 Å². The maximum atomic E-state index is 12.4. The van der Waals surface area contributed by atoms with Gasteiger partial charge in [0.2, 0.25) is 0 Å². The highest BCUT2D eigenvalue weighted by Crippen LogP contribution is 2.26. The summed E-state index contributed by atoms with van der Waals surface area (Å²) in [5.41, 5.74) is 6.65. The van der Waals surface area contributed by atoms with Crippen LogP contribution in [0.2, 0.25) is 0 Å². The topological polar surface area (TPSA) is 93.0 Å². The zero-order chi connectivity index (χ0) is 14.5. The maximum Gasteiger partial charge on any atom is 0.255 e. The molecule has 1 atom stereocenters. The Bertz CT molecular complexity index is 581. The van der Waals surface area contributed by atoms with E-state index in [4.69, 9.17) is 10.5 Å². The van der Waals surface area contributed by atoms with Crippen molar-refractivity contribution >= 4 is 11.6 Å². The summed E-state index contributed by atoms with van der Waals surface area (Å²) in [6.45, 7) is 1.98. The van der Waals surface area contributed by atoms with Crippen LogP contribution in [-0.2, 0) is 0 Å². The van der Waals surface area contributed by atoms with Crippen molar-refractivity contribution in [3.63, 3.8) is 0 Å². The molecule has 4 N–H and O–H groups in total. The summed E-state index contributed by atoms with van der Waals surface area (Å²) in [5.74, 6) is 0.875. The van der Waals surface area contributed by atoms with Crippen LogP contribution in [0.4, 0.5) is 5.69 Å². The van der Waals surface area contributed by atoms with E-state index in [-0.39, 0.29) is 11.9 Å². The van der Waals surface area contributed by atoms with Crippen LogP contribution in [0.3, 0.4) is 0 Å². The lowest BCUT2D eigenvalue weighted by Crippen LogP contribution is -2.29. The number of amides is 1. The van der Waals surface area contributed by atoms with Gasteiger partial charge in [0.1, 0.15) is 5.82 Å². The third-order valence-corrected chi connectivity index (χ3v) is 3.06. The van der Waals surface area contributed by atoms with Gasteiger partial charge in [0.15, 0.2) is 5.75 Å². The van der Waals surface area contributed by atoms with Gasteiger partial charge in [-0.2, -0.15) is 0 Å². The number of ether oxygens (including phenoxy) is 1. The van der Waals surface area contributed by atoms with Crippen LogP contribution in [0.25, 0.3) is 0 Å². The molecule has 0 saturated heterocycles.